The fourth-order valence-corrected chi connectivity index (χ4v) is 2.68. The van der Waals surface area contributed by atoms with Crippen molar-refractivity contribution >= 4 is 17.6 Å². The predicted molar refractivity (Wildman–Crippen MR) is 105 cm³/mol. The number of rotatable bonds is 7. The molecule has 0 bridgehead atoms. The Labute approximate surface area is 162 Å². The molecule has 0 saturated heterocycles. The van der Waals surface area contributed by atoms with Gasteiger partial charge in [-0.25, -0.2) is 4.79 Å². The van der Waals surface area contributed by atoms with E-state index in [-0.39, 0.29) is 6.42 Å². The highest BCUT2D eigenvalue weighted by atomic mass is 35.5. The highest BCUT2D eigenvalue weighted by Gasteiger charge is 2.20. The van der Waals surface area contributed by atoms with Crippen LogP contribution in [-0.4, -0.2) is 17.2 Å². The minimum absolute atomic E-state index is 0.239. The molecule has 0 unspecified atom stereocenters. The van der Waals surface area contributed by atoms with Crippen LogP contribution in [0, 0.1) is 6.92 Å². The number of carboxylic acid groups (broad SMARTS) is 1. The second kappa shape index (κ2) is 8.60. The summed E-state index contributed by atoms with van der Waals surface area (Å²) in [5.74, 6) is 0.890. The summed E-state index contributed by atoms with van der Waals surface area (Å²) in [7, 11) is 0. The molecule has 0 heterocycles. The number of halogens is 1. The van der Waals surface area contributed by atoms with Gasteiger partial charge in [0, 0.05) is 11.4 Å². The number of hydrogen-bond acceptors (Lipinski definition) is 3. The topological polar surface area (TPSA) is 55.8 Å². The zero-order valence-corrected chi connectivity index (χ0v) is 15.5. The van der Waals surface area contributed by atoms with Gasteiger partial charge in [-0.05, 0) is 60.5 Å². The Morgan fingerprint density at radius 1 is 0.963 bits per heavy atom. The van der Waals surface area contributed by atoms with E-state index in [2.05, 4.69) is 0 Å². The average molecular weight is 383 g/mol. The first-order chi connectivity index (χ1) is 13.0. The van der Waals surface area contributed by atoms with Crippen molar-refractivity contribution in [2.75, 3.05) is 0 Å². The molecule has 0 radical (unpaired) electrons. The third-order valence-corrected chi connectivity index (χ3v) is 4.43. The van der Waals surface area contributed by atoms with Crippen LogP contribution in [0.3, 0.4) is 0 Å². The molecule has 0 spiro atoms. The zero-order chi connectivity index (χ0) is 19.2. The largest absolute Gasteiger partial charge is 0.478 e. The van der Waals surface area contributed by atoms with Gasteiger partial charge in [-0.1, -0.05) is 41.9 Å². The lowest BCUT2D eigenvalue weighted by Gasteiger charge is -2.16. The van der Waals surface area contributed by atoms with Gasteiger partial charge in [0.15, 0.2) is 6.10 Å². The number of carbonyl (C=O) groups is 1. The van der Waals surface area contributed by atoms with E-state index in [1.165, 1.54) is 0 Å². The van der Waals surface area contributed by atoms with Crippen LogP contribution in [-0.2, 0) is 11.2 Å². The SMILES string of the molecule is Cc1cc(O[C@H](Cc2ccc(Oc3ccccc3)cc2)C(=O)O)ccc1Cl. The van der Waals surface area contributed by atoms with Gasteiger partial charge in [-0.2, -0.15) is 0 Å². The Kier molecular flexibility index (Phi) is 5.99. The van der Waals surface area contributed by atoms with Crippen molar-refractivity contribution in [3.05, 3.63) is 88.9 Å². The molecule has 27 heavy (non-hydrogen) atoms. The molecular formula is C22H19ClO4. The van der Waals surface area contributed by atoms with Crippen molar-refractivity contribution in [3.63, 3.8) is 0 Å². The maximum absolute atomic E-state index is 11.6. The van der Waals surface area contributed by atoms with E-state index in [0.717, 1.165) is 16.9 Å². The van der Waals surface area contributed by atoms with Crippen LogP contribution in [0.1, 0.15) is 11.1 Å². The van der Waals surface area contributed by atoms with Crippen molar-refractivity contribution in [1.82, 2.24) is 0 Å². The minimum Gasteiger partial charge on any atom is -0.478 e. The molecule has 0 saturated carbocycles. The average Bonchev–Trinajstić information content (AvgIpc) is 2.66. The molecule has 3 aromatic carbocycles. The quantitative estimate of drug-likeness (QED) is 0.585. The van der Waals surface area contributed by atoms with Crippen LogP contribution in [0.25, 0.3) is 0 Å². The zero-order valence-electron chi connectivity index (χ0n) is 14.8. The van der Waals surface area contributed by atoms with Gasteiger partial charge < -0.3 is 14.6 Å². The maximum atomic E-state index is 11.6. The number of para-hydroxylation sites is 1. The number of hydrogen-bond donors (Lipinski definition) is 1. The summed E-state index contributed by atoms with van der Waals surface area (Å²) in [5.41, 5.74) is 1.68. The molecule has 3 aromatic rings. The summed E-state index contributed by atoms with van der Waals surface area (Å²) < 4.78 is 11.4. The second-order valence-corrected chi connectivity index (χ2v) is 6.53. The highest BCUT2D eigenvalue weighted by Crippen LogP contribution is 2.24. The first-order valence-electron chi connectivity index (χ1n) is 8.49. The van der Waals surface area contributed by atoms with Crippen molar-refractivity contribution in [1.29, 1.82) is 0 Å². The number of carboxylic acids is 1. The normalized spacial score (nSPS) is 11.6. The van der Waals surface area contributed by atoms with Crippen LogP contribution in [0.5, 0.6) is 17.2 Å². The standard InChI is InChI=1S/C22H19ClO4/c1-15-13-19(11-12-20(15)23)27-21(22(24)25)14-16-7-9-18(10-8-16)26-17-5-3-2-4-6-17/h2-13,21H,14H2,1H3,(H,24,25)/t21-/m1/s1. The van der Waals surface area contributed by atoms with Crippen LogP contribution < -0.4 is 9.47 Å². The van der Waals surface area contributed by atoms with Gasteiger partial charge in [0.2, 0.25) is 0 Å². The van der Waals surface area contributed by atoms with Crippen LogP contribution >= 0.6 is 11.6 Å². The summed E-state index contributed by atoms with van der Waals surface area (Å²) in [6.07, 6.45) is -0.755. The Morgan fingerprint density at radius 3 is 2.22 bits per heavy atom. The predicted octanol–water partition coefficient (Wildman–Crippen LogP) is 5.52. The summed E-state index contributed by atoms with van der Waals surface area (Å²) >= 11 is 6.00. The van der Waals surface area contributed by atoms with Crippen LogP contribution in [0.4, 0.5) is 0 Å². The maximum Gasteiger partial charge on any atom is 0.345 e. The lowest BCUT2D eigenvalue weighted by atomic mass is 10.1. The van der Waals surface area contributed by atoms with Crippen LogP contribution in [0.15, 0.2) is 72.8 Å². The molecule has 0 amide bonds. The van der Waals surface area contributed by atoms with E-state index < -0.39 is 12.1 Å². The van der Waals surface area contributed by atoms with Gasteiger partial charge in [0.1, 0.15) is 17.2 Å². The first kappa shape index (κ1) is 18.8. The van der Waals surface area contributed by atoms with E-state index in [4.69, 9.17) is 21.1 Å². The van der Waals surface area contributed by atoms with Gasteiger partial charge in [-0.3, -0.25) is 0 Å². The van der Waals surface area contributed by atoms with Crippen molar-refractivity contribution < 1.29 is 19.4 Å². The Bertz CT molecular complexity index is 907. The van der Waals surface area contributed by atoms with E-state index >= 15 is 0 Å². The first-order valence-corrected chi connectivity index (χ1v) is 8.86. The van der Waals surface area contributed by atoms with E-state index in [1.807, 2.05) is 61.5 Å². The molecule has 4 nitrogen and oxygen atoms in total. The van der Waals surface area contributed by atoms with Crippen LogP contribution in [0.2, 0.25) is 5.02 Å². The third kappa shape index (κ3) is 5.25. The number of ether oxygens (including phenoxy) is 2. The fraction of sp³-hybridized carbons (Fsp3) is 0.136. The van der Waals surface area contributed by atoms with E-state index in [1.54, 1.807) is 18.2 Å². The number of benzene rings is 3. The summed E-state index contributed by atoms with van der Waals surface area (Å²) in [6, 6.07) is 21.9. The van der Waals surface area contributed by atoms with E-state index in [0.29, 0.717) is 16.5 Å². The molecule has 0 aliphatic heterocycles. The number of aliphatic carboxylic acids is 1. The second-order valence-electron chi connectivity index (χ2n) is 6.12. The highest BCUT2D eigenvalue weighted by molar-refractivity contribution is 6.31. The lowest BCUT2D eigenvalue weighted by molar-refractivity contribution is -0.145. The lowest BCUT2D eigenvalue weighted by Crippen LogP contribution is -2.29. The Hall–Kier alpha value is -2.98. The van der Waals surface area contributed by atoms with Gasteiger partial charge in [0.25, 0.3) is 0 Å². The molecule has 3 rings (SSSR count). The molecule has 1 atom stereocenters. The molecule has 1 N–H and O–H groups in total. The monoisotopic (exact) mass is 382 g/mol. The molecule has 0 fully saturated rings. The third-order valence-electron chi connectivity index (χ3n) is 4.01. The minimum atomic E-state index is -1.02. The summed E-state index contributed by atoms with van der Waals surface area (Å²) in [6.45, 7) is 1.84. The molecule has 5 heteroatoms. The van der Waals surface area contributed by atoms with Crippen molar-refractivity contribution in [2.24, 2.45) is 0 Å². The van der Waals surface area contributed by atoms with E-state index in [9.17, 15) is 9.90 Å². The molecule has 138 valence electrons. The van der Waals surface area contributed by atoms with Crippen molar-refractivity contribution in [3.8, 4) is 17.2 Å². The summed E-state index contributed by atoms with van der Waals surface area (Å²) in [4.78, 5) is 11.6. The molecule has 0 aromatic heterocycles. The number of aryl methyl sites for hydroxylation is 1. The Balaban J connectivity index is 1.67. The smallest absolute Gasteiger partial charge is 0.345 e. The fourth-order valence-electron chi connectivity index (χ4n) is 2.57. The molecular weight excluding hydrogens is 364 g/mol. The van der Waals surface area contributed by atoms with Crippen molar-refractivity contribution in [2.45, 2.75) is 19.4 Å². The summed E-state index contributed by atoms with van der Waals surface area (Å²) in [5, 5.41) is 10.1. The molecule has 0 aliphatic carbocycles. The van der Waals surface area contributed by atoms with Gasteiger partial charge >= 0.3 is 5.97 Å². The Morgan fingerprint density at radius 2 is 1.59 bits per heavy atom. The van der Waals surface area contributed by atoms with Gasteiger partial charge in [-0.15, -0.1) is 0 Å². The van der Waals surface area contributed by atoms with Gasteiger partial charge in [0.05, 0.1) is 0 Å². The molecule has 0 aliphatic rings.